The maximum absolute atomic E-state index is 12.8. The second-order valence-electron chi connectivity index (χ2n) is 8.71. The first-order chi connectivity index (χ1) is 13.0. The highest BCUT2D eigenvalue weighted by atomic mass is 16.6. The van der Waals surface area contributed by atoms with Crippen LogP contribution in [0.5, 0.6) is 0 Å². The molecule has 1 aliphatic carbocycles. The normalized spacial score (nSPS) is 21.8. The molecule has 0 unspecified atom stereocenters. The van der Waals surface area contributed by atoms with Gasteiger partial charge in [-0.3, -0.25) is 14.4 Å². The topological polar surface area (TPSA) is 140 Å². The predicted molar refractivity (Wildman–Crippen MR) is 102 cm³/mol. The van der Waals surface area contributed by atoms with Crippen molar-refractivity contribution in [3.05, 3.63) is 0 Å². The van der Waals surface area contributed by atoms with Crippen LogP contribution in [-0.2, 0) is 19.1 Å². The molecule has 28 heavy (non-hydrogen) atoms. The number of amides is 4. The fraction of sp³-hybridized carbons (Fsp3) is 0.789. The van der Waals surface area contributed by atoms with Crippen molar-refractivity contribution in [1.29, 1.82) is 0 Å². The van der Waals surface area contributed by atoms with Crippen molar-refractivity contribution in [2.45, 2.75) is 77.0 Å². The second-order valence-corrected chi connectivity index (χ2v) is 8.71. The van der Waals surface area contributed by atoms with Gasteiger partial charge < -0.3 is 26.4 Å². The Balaban J connectivity index is 1.98. The van der Waals surface area contributed by atoms with Crippen LogP contribution < -0.4 is 21.7 Å². The molecule has 5 N–H and O–H groups in total. The average Bonchev–Trinajstić information content (AvgIpc) is 3.37. The van der Waals surface area contributed by atoms with Gasteiger partial charge in [0.1, 0.15) is 17.7 Å². The highest BCUT2D eigenvalue weighted by Crippen LogP contribution is 2.33. The maximum Gasteiger partial charge on any atom is 0.408 e. The van der Waals surface area contributed by atoms with Crippen LogP contribution in [-0.4, -0.2) is 48.0 Å². The minimum absolute atomic E-state index is 0.131. The van der Waals surface area contributed by atoms with E-state index in [9.17, 15) is 19.2 Å². The lowest BCUT2D eigenvalue weighted by atomic mass is 9.91. The van der Waals surface area contributed by atoms with Crippen molar-refractivity contribution in [1.82, 2.24) is 16.0 Å². The van der Waals surface area contributed by atoms with Gasteiger partial charge in [0.15, 0.2) is 0 Å². The molecule has 1 aliphatic heterocycles. The van der Waals surface area contributed by atoms with Gasteiger partial charge in [0, 0.05) is 12.5 Å². The molecule has 2 aliphatic rings. The van der Waals surface area contributed by atoms with Gasteiger partial charge in [-0.15, -0.1) is 0 Å². The van der Waals surface area contributed by atoms with E-state index in [1.807, 2.05) is 0 Å². The number of hydrogen-bond donors (Lipinski definition) is 4. The second kappa shape index (κ2) is 9.25. The summed E-state index contributed by atoms with van der Waals surface area (Å²) in [6.07, 6.45) is 3.40. The largest absolute Gasteiger partial charge is 0.444 e. The van der Waals surface area contributed by atoms with Crippen molar-refractivity contribution >= 4 is 23.8 Å². The van der Waals surface area contributed by atoms with Crippen molar-refractivity contribution < 1.29 is 23.9 Å². The summed E-state index contributed by atoms with van der Waals surface area (Å²) in [5.41, 5.74) is 4.76. The van der Waals surface area contributed by atoms with Crippen LogP contribution in [0.25, 0.3) is 0 Å². The fourth-order valence-electron chi connectivity index (χ4n) is 3.23. The van der Waals surface area contributed by atoms with Crippen LogP contribution in [0.4, 0.5) is 4.79 Å². The molecule has 0 aromatic carbocycles. The first-order valence-corrected chi connectivity index (χ1v) is 9.92. The summed E-state index contributed by atoms with van der Waals surface area (Å²) in [7, 11) is 0. The fourth-order valence-corrected chi connectivity index (χ4v) is 3.23. The number of rotatable bonds is 8. The SMILES string of the molecule is CC(C)(C)OC(=O)N[C@@H](CC1CC1)C(=O)N[C@@H](C[C@@H]1CCCNC1=O)C(N)=O. The van der Waals surface area contributed by atoms with Crippen molar-refractivity contribution in [2.24, 2.45) is 17.6 Å². The number of nitrogens with one attached hydrogen (secondary N) is 3. The number of carbonyl (C=O) groups is 4. The Kier molecular flexibility index (Phi) is 7.26. The number of primary amides is 1. The zero-order valence-electron chi connectivity index (χ0n) is 16.9. The zero-order valence-corrected chi connectivity index (χ0v) is 16.9. The first-order valence-electron chi connectivity index (χ1n) is 9.92. The molecule has 4 amide bonds. The third-order valence-electron chi connectivity index (χ3n) is 4.85. The van der Waals surface area contributed by atoms with E-state index in [1.165, 1.54) is 0 Å². The molecule has 9 heteroatoms. The molecule has 1 saturated carbocycles. The first kappa shape index (κ1) is 22.0. The summed E-state index contributed by atoms with van der Waals surface area (Å²) in [6.45, 7) is 5.83. The van der Waals surface area contributed by atoms with Gasteiger partial charge in [0.25, 0.3) is 0 Å². The summed E-state index contributed by atoms with van der Waals surface area (Å²) in [6, 6.07) is -1.78. The monoisotopic (exact) mass is 396 g/mol. The van der Waals surface area contributed by atoms with Crippen LogP contribution in [0.2, 0.25) is 0 Å². The molecule has 2 fully saturated rings. The number of ether oxygens (including phenoxy) is 1. The van der Waals surface area contributed by atoms with Crippen LogP contribution >= 0.6 is 0 Å². The predicted octanol–water partition coefficient (Wildman–Crippen LogP) is 0.566. The van der Waals surface area contributed by atoms with Gasteiger partial charge in [-0.2, -0.15) is 0 Å². The lowest BCUT2D eigenvalue weighted by Gasteiger charge is -2.27. The standard InChI is InChI=1S/C19H32N4O5/c1-19(2,3)28-18(27)23-14(9-11-6-7-11)17(26)22-13(15(20)24)10-12-5-4-8-21-16(12)25/h11-14H,4-10H2,1-3H3,(H2,20,24)(H,21,25)(H,22,26)(H,23,27)/t12-,13-,14-/m0/s1. The van der Waals surface area contributed by atoms with E-state index < -0.39 is 35.6 Å². The number of piperidine rings is 1. The van der Waals surface area contributed by atoms with E-state index >= 15 is 0 Å². The van der Waals surface area contributed by atoms with Gasteiger partial charge in [-0.25, -0.2) is 4.79 Å². The molecule has 1 heterocycles. The van der Waals surface area contributed by atoms with Crippen LogP contribution in [0, 0.1) is 11.8 Å². The summed E-state index contributed by atoms with van der Waals surface area (Å²) < 4.78 is 5.23. The van der Waals surface area contributed by atoms with E-state index in [1.54, 1.807) is 20.8 Å². The van der Waals surface area contributed by atoms with Gasteiger partial charge in [0.2, 0.25) is 17.7 Å². The zero-order chi connectivity index (χ0) is 20.9. The summed E-state index contributed by atoms with van der Waals surface area (Å²) in [5.74, 6) is -1.32. The highest BCUT2D eigenvalue weighted by molar-refractivity contribution is 5.91. The van der Waals surface area contributed by atoms with Crippen LogP contribution in [0.15, 0.2) is 0 Å². The van der Waals surface area contributed by atoms with E-state index in [-0.39, 0.29) is 18.2 Å². The highest BCUT2D eigenvalue weighted by Gasteiger charge is 2.34. The Labute approximate surface area is 165 Å². The minimum atomic E-state index is -0.969. The van der Waals surface area contributed by atoms with Crippen molar-refractivity contribution in [3.8, 4) is 0 Å². The van der Waals surface area contributed by atoms with Crippen molar-refractivity contribution in [3.63, 3.8) is 0 Å². The smallest absolute Gasteiger partial charge is 0.408 e. The van der Waals surface area contributed by atoms with Gasteiger partial charge in [0.05, 0.1) is 0 Å². The minimum Gasteiger partial charge on any atom is -0.444 e. The lowest BCUT2D eigenvalue weighted by molar-refractivity contribution is -0.131. The van der Waals surface area contributed by atoms with Gasteiger partial charge in [-0.05, 0) is 52.4 Å². The molecule has 0 radical (unpaired) electrons. The van der Waals surface area contributed by atoms with Crippen LogP contribution in [0.1, 0.15) is 59.3 Å². The maximum atomic E-state index is 12.8. The summed E-state index contributed by atoms with van der Waals surface area (Å²) >= 11 is 0. The lowest BCUT2D eigenvalue weighted by Crippen LogP contribution is -2.54. The van der Waals surface area contributed by atoms with Gasteiger partial charge in [-0.1, -0.05) is 12.8 Å². The molecule has 0 aromatic rings. The molecule has 2 rings (SSSR count). The molecule has 9 nitrogen and oxygen atoms in total. The summed E-state index contributed by atoms with van der Waals surface area (Å²) in [5, 5.41) is 7.98. The third-order valence-corrected chi connectivity index (χ3v) is 4.85. The average molecular weight is 396 g/mol. The number of hydrogen-bond acceptors (Lipinski definition) is 5. The Morgan fingerprint density at radius 3 is 2.36 bits per heavy atom. The molecule has 0 spiro atoms. The molecule has 3 atom stereocenters. The Bertz CT molecular complexity index is 612. The Morgan fingerprint density at radius 1 is 1.14 bits per heavy atom. The van der Waals surface area contributed by atoms with Crippen LogP contribution in [0.3, 0.4) is 0 Å². The third kappa shape index (κ3) is 7.36. The van der Waals surface area contributed by atoms with E-state index in [4.69, 9.17) is 10.5 Å². The molecular formula is C19H32N4O5. The van der Waals surface area contributed by atoms with Crippen molar-refractivity contribution in [2.75, 3.05) is 6.54 Å². The van der Waals surface area contributed by atoms with E-state index in [2.05, 4.69) is 16.0 Å². The quantitative estimate of drug-likeness (QED) is 0.475. The Morgan fingerprint density at radius 2 is 1.82 bits per heavy atom. The van der Waals surface area contributed by atoms with E-state index in [0.717, 1.165) is 19.3 Å². The summed E-state index contributed by atoms with van der Waals surface area (Å²) in [4.78, 5) is 48.7. The molecule has 158 valence electrons. The van der Waals surface area contributed by atoms with E-state index in [0.29, 0.717) is 25.3 Å². The number of nitrogens with two attached hydrogens (primary N) is 1. The molecule has 1 saturated heterocycles. The number of alkyl carbamates (subject to hydrolysis) is 1. The Hall–Kier alpha value is -2.32. The molecule has 0 aromatic heterocycles. The van der Waals surface area contributed by atoms with Gasteiger partial charge >= 0.3 is 6.09 Å². The number of carbonyl (C=O) groups excluding carboxylic acids is 4. The molecule has 0 bridgehead atoms. The molecular weight excluding hydrogens is 364 g/mol.